The molecule has 3 rings (SSSR count). The van der Waals surface area contributed by atoms with Crippen LogP contribution in [0.3, 0.4) is 0 Å². The number of rotatable bonds is 4. The van der Waals surface area contributed by atoms with E-state index in [1.807, 2.05) is 36.1 Å². The minimum atomic E-state index is -0.370. The van der Waals surface area contributed by atoms with Crippen molar-refractivity contribution in [2.24, 2.45) is 0 Å². The van der Waals surface area contributed by atoms with E-state index in [0.29, 0.717) is 12.0 Å². The molecule has 0 saturated carbocycles. The van der Waals surface area contributed by atoms with Crippen molar-refractivity contribution in [1.29, 1.82) is 0 Å². The fraction of sp³-hybridized carbons (Fsp3) is 0.364. The highest BCUT2D eigenvalue weighted by atomic mass is 16.5. The number of nitrogens with zero attached hydrogens (tertiary/aromatic N) is 1. The first-order valence-corrected chi connectivity index (χ1v) is 9.16. The Labute approximate surface area is 159 Å². The van der Waals surface area contributed by atoms with Gasteiger partial charge in [0.2, 0.25) is 5.91 Å². The topological polar surface area (TPSA) is 55.8 Å². The Bertz CT molecular complexity index is 844. The van der Waals surface area contributed by atoms with Gasteiger partial charge in [-0.25, -0.2) is 4.79 Å². The summed E-state index contributed by atoms with van der Waals surface area (Å²) in [5.74, 6) is 0.562. The zero-order valence-corrected chi connectivity index (χ0v) is 16.2. The maximum absolute atomic E-state index is 12.7. The van der Waals surface area contributed by atoms with Crippen molar-refractivity contribution in [1.82, 2.24) is 4.90 Å². The van der Waals surface area contributed by atoms with E-state index in [9.17, 15) is 9.59 Å². The van der Waals surface area contributed by atoms with Gasteiger partial charge in [0.05, 0.1) is 25.8 Å². The van der Waals surface area contributed by atoms with Crippen LogP contribution in [0.4, 0.5) is 0 Å². The van der Waals surface area contributed by atoms with Crippen LogP contribution >= 0.6 is 0 Å². The number of amides is 1. The minimum Gasteiger partial charge on any atom is -0.497 e. The summed E-state index contributed by atoms with van der Waals surface area (Å²) in [7, 11) is 3.02. The first kappa shape index (κ1) is 19.0. The van der Waals surface area contributed by atoms with Gasteiger partial charge in [0.25, 0.3) is 0 Å². The van der Waals surface area contributed by atoms with Crippen molar-refractivity contribution in [3.8, 4) is 5.75 Å². The molecule has 0 radical (unpaired) electrons. The molecule has 5 nitrogen and oxygen atoms in total. The molecule has 5 heteroatoms. The summed E-state index contributed by atoms with van der Waals surface area (Å²) >= 11 is 0. The number of hydrogen-bond donors (Lipinski definition) is 0. The van der Waals surface area contributed by atoms with Crippen LogP contribution in [0.1, 0.15) is 53.4 Å². The Kier molecular flexibility index (Phi) is 5.49. The van der Waals surface area contributed by atoms with Gasteiger partial charge in [-0.05, 0) is 54.3 Å². The Morgan fingerprint density at radius 2 is 1.81 bits per heavy atom. The van der Waals surface area contributed by atoms with Crippen LogP contribution in [0.5, 0.6) is 5.75 Å². The number of ether oxygens (including phenoxy) is 2. The van der Waals surface area contributed by atoms with Gasteiger partial charge in [-0.1, -0.05) is 25.1 Å². The molecule has 0 aromatic heterocycles. The summed E-state index contributed by atoms with van der Waals surface area (Å²) in [5, 5.41) is 0. The molecule has 0 fully saturated rings. The molecule has 0 N–H and O–H groups in total. The van der Waals surface area contributed by atoms with Crippen molar-refractivity contribution < 1.29 is 19.1 Å². The average molecular weight is 367 g/mol. The van der Waals surface area contributed by atoms with E-state index in [0.717, 1.165) is 23.3 Å². The number of esters is 1. The molecule has 0 saturated heterocycles. The van der Waals surface area contributed by atoms with Crippen molar-refractivity contribution in [3.05, 3.63) is 64.7 Å². The van der Waals surface area contributed by atoms with Crippen molar-refractivity contribution in [2.45, 2.75) is 38.8 Å². The molecule has 2 aromatic rings. The van der Waals surface area contributed by atoms with Crippen molar-refractivity contribution in [3.63, 3.8) is 0 Å². The fourth-order valence-corrected chi connectivity index (χ4v) is 3.81. The predicted molar refractivity (Wildman–Crippen MR) is 103 cm³/mol. The van der Waals surface area contributed by atoms with Gasteiger partial charge in [-0.2, -0.15) is 0 Å². The summed E-state index contributed by atoms with van der Waals surface area (Å²) in [5.41, 5.74) is 3.75. The lowest BCUT2D eigenvalue weighted by Crippen LogP contribution is -2.46. The predicted octanol–water partition coefficient (Wildman–Crippen LogP) is 3.75. The van der Waals surface area contributed by atoms with E-state index in [1.165, 1.54) is 12.7 Å². The zero-order chi connectivity index (χ0) is 19.6. The Hall–Kier alpha value is -2.82. The molecular weight excluding hydrogens is 342 g/mol. The maximum Gasteiger partial charge on any atom is 0.337 e. The van der Waals surface area contributed by atoms with Crippen LogP contribution in [0.2, 0.25) is 0 Å². The third-order valence-corrected chi connectivity index (χ3v) is 5.15. The number of carbonyl (C=O) groups excluding carboxylic acids is 2. The van der Waals surface area contributed by atoms with Crippen LogP contribution in [0.25, 0.3) is 0 Å². The molecule has 0 aliphatic carbocycles. The molecule has 0 spiro atoms. The van der Waals surface area contributed by atoms with Crippen LogP contribution < -0.4 is 4.74 Å². The van der Waals surface area contributed by atoms with Crippen LogP contribution in [0.15, 0.2) is 42.5 Å². The molecule has 0 bridgehead atoms. The molecule has 0 unspecified atom stereocenters. The van der Waals surface area contributed by atoms with Gasteiger partial charge in [0.1, 0.15) is 5.75 Å². The molecule has 27 heavy (non-hydrogen) atoms. The van der Waals surface area contributed by atoms with Crippen LogP contribution in [0, 0.1) is 0 Å². The van der Waals surface area contributed by atoms with Gasteiger partial charge < -0.3 is 14.4 Å². The molecular formula is C22H25NO4. The number of methoxy groups -OCH3 is 2. The average Bonchev–Trinajstić information content (AvgIpc) is 2.71. The summed E-state index contributed by atoms with van der Waals surface area (Å²) in [6.45, 7) is 3.96. The minimum absolute atomic E-state index is 0.0716. The highest BCUT2D eigenvalue weighted by Gasteiger charge is 2.35. The lowest BCUT2D eigenvalue weighted by atomic mass is 9.84. The summed E-state index contributed by atoms with van der Waals surface area (Å²) in [6.07, 6.45) is 1.24. The Morgan fingerprint density at radius 3 is 2.41 bits per heavy atom. The number of hydrogen-bond acceptors (Lipinski definition) is 4. The number of fused-ring (bicyclic) bond motifs is 1. The lowest BCUT2D eigenvalue weighted by Gasteiger charge is -2.42. The second-order valence-corrected chi connectivity index (χ2v) is 6.79. The quantitative estimate of drug-likeness (QED) is 0.772. The van der Waals surface area contributed by atoms with Crippen molar-refractivity contribution >= 4 is 11.9 Å². The summed E-state index contributed by atoms with van der Waals surface area (Å²) in [4.78, 5) is 26.4. The van der Waals surface area contributed by atoms with Crippen LogP contribution in [-0.4, -0.2) is 37.0 Å². The highest BCUT2D eigenvalue weighted by molar-refractivity contribution is 5.89. The van der Waals surface area contributed by atoms with Gasteiger partial charge in [-0.15, -0.1) is 0 Å². The largest absolute Gasteiger partial charge is 0.497 e. The molecule has 1 heterocycles. The van der Waals surface area contributed by atoms with Crippen LogP contribution in [-0.2, 0) is 16.0 Å². The SMILES string of the molecule is CCC(=O)N1[C@H](c2ccc(C(=O)OC)cc2)c2ccc(OC)cc2C[C@@H]1C. The maximum atomic E-state index is 12.7. The molecule has 2 aromatic carbocycles. The summed E-state index contributed by atoms with van der Waals surface area (Å²) in [6, 6.07) is 13.2. The molecule has 1 aliphatic rings. The van der Waals surface area contributed by atoms with E-state index in [4.69, 9.17) is 9.47 Å². The van der Waals surface area contributed by atoms with Gasteiger partial charge in [-0.3, -0.25) is 4.79 Å². The molecule has 2 atom stereocenters. The normalized spacial score (nSPS) is 18.6. The number of carbonyl (C=O) groups is 2. The second kappa shape index (κ2) is 7.82. The Balaban J connectivity index is 2.10. The monoisotopic (exact) mass is 367 g/mol. The highest BCUT2D eigenvalue weighted by Crippen LogP contribution is 2.39. The van der Waals surface area contributed by atoms with E-state index >= 15 is 0 Å². The molecule has 142 valence electrons. The standard InChI is InChI=1S/C22H25NO4/c1-5-20(24)23-14(2)12-17-13-18(26-3)10-11-19(17)21(23)15-6-8-16(9-7-15)22(25)27-4/h6-11,13-14,21H,5,12H2,1-4H3/t14-,21+/m0/s1. The van der Waals surface area contributed by atoms with Gasteiger partial charge >= 0.3 is 5.97 Å². The lowest BCUT2D eigenvalue weighted by molar-refractivity contribution is -0.135. The Morgan fingerprint density at radius 1 is 1.11 bits per heavy atom. The van der Waals surface area contributed by atoms with E-state index in [1.54, 1.807) is 19.2 Å². The third kappa shape index (κ3) is 3.54. The third-order valence-electron chi connectivity index (χ3n) is 5.15. The molecule has 1 amide bonds. The summed E-state index contributed by atoms with van der Waals surface area (Å²) < 4.78 is 10.2. The molecule has 1 aliphatic heterocycles. The second-order valence-electron chi connectivity index (χ2n) is 6.79. The number of benzene rings is 2. The first-order chi connectivity index (χ1) is 13.0. The van der Waals surface area contributed by atoms with E-state index in [2.05, 4.69) is 13.0 Å². The first-order valence-electron chi connectivity index (χ1n) is 9.16. The van der Waals surface area contributed by atoms with E-state index < -0.39 is 0 Å². The van der Waals surface area contributed by atoms with Gasteiger partial charge in [0.15, 0.2) is 0 Å². The van der Waals surface area contributed by atoms with E-state index in [-0.39, 0.29) is 24.0 Å². The zero-order valence-electron chi connectivity index (χ0n) is 16.2. The fourth-order valence-electron chi connectivity index (χ4n) is 3.81. The van der Waals surface area contributed by atoms with Gasteiger partial charge in [0, 0.05) is 12.5 Å². The smallest absolute Gasteiger partial charge is 0.337 e. The van der Waals surface area contributed by atoms with Crippen molar-refractivity contribution in [2.75, 3.05) is 14.2 Å².